The molecule has 22 heavy (non-hydrogen) atoms. The summed E-state index contributed by atoms with van der Waals surface area (Å²) < 4.78 is 15.8. The number of rotatable bonds is 6. The zero-order valence-corrected chi connectivity index (χ0v) is 13.1. The molecule has 0 aromatic heterocycles. The van der Waals surface area contributed by atoms with E-state index in [1.54, 1.807) is 31.4 Å². The Hall–Kier alpha value is -2.33. The lowest BCUT2D eigenvalue weighted by Gasteiger charge is -2.09. The minimum absolute atomic E-state index is 0.379. The van der Waals surface area contributed by atoms with Crippen molar-refractivity contribution in [2.75, 3.05) is 20.3 Å². The molecule has 2 aromatic rings. The molecule has 116 valence electrons. The molecule has 0 heterocycles. The highest BCUT2D eigenvalue weighted by molar-refractivity contribution is 5.91. The van der Waals surface area contributed by atoms with E-state index >= 15 is 0 Å². The molecule has 2 aromatic carbocycles. The Bertz CT molecular complexity index is 632. The van der Waals surface area contributed by atoms with Gasteiger partial charge in [0.05, 0.1) is 12.2 Å². The van der Waals surface area contributed by atoms with Crippen LogP contribution in [-0.4, -0.2) is 26.3 Å². The highest BCUT2D eigenvalue weighted by Gasteiger charge is 2.10. The fraction of sp³-hybridized carbons (Fsp3) is 0.278. The van der Waals surface area contributed by atoms with Crippen molar-refractivity contribution in [2.45, 2.75) is 13.8 Å². The van der Waals surface area contributed by atoms with E-state index in [-0.39, 0.29) is 5.97 Å². The largest absolute Gasteiger partial charge is 0.491 e. The molecule has 0 amide bonds. The molecule has 0 saturated carbocycles. The molecule has 4 heteroatoms. The molecule has 0 unspecified atom stereocenters. The van der Waals surface area contributed by atoms with Crippen LogP contribution in [-0.2, 0) is 4.74 Å². The summed E-state index contributed by atoms with van der Waals surface area (Å²) in [4.78, 5) is 12.1. The number of hydrogen-bond acceptors (Lipinski definition) is 4. The molecule has 0 fully saturated rings. The van der Waals surface area contributed by atoms with Gasteiger partial charge in [-0.15, -0.1) is 0 Å². The number of aryl methyl sites for hydroxylation is 2. The fourth-order valence-corrected chi connectivity index (χ4v) is 2.00. The van der Waals surface area contributed by atoms with Crippen LogP contribution < -0.4 is 9.47 Å². The van der Waals surface area contributed by atoms with E-state index < -0.39 is 0 Å². The molecule has 4 nitrogen and oxygen atoms in total. The Labute approximate surface area is 130 Å². The first-order valence-electron chi connectivity index (χ1n) is 7.11. The summed E-state index contributed by atoms with van der Waals surface area (Å²) in [7, 11) is 1.62. The summed E-state index contributed by atoms with van der Waals surface area (Å²) in [5.41, 5.74) is 2.56. The summed E-state index contributed by atoms with van der Waals surface area (Å²) >= 11 is 0. The van der Waals surface area contributed by atoms with Gasteiger partial charge in [0.1, 0.15) is 18.1 Å². The Kier molecular flexibility index (Phi) is 5.55. The molecule has 0 N–H and O–H groups in total. The van der Waals surface area contributed by atoms with Gasteiger partial charge in [0.2, 0.25) is 0 Å². The van der Waals surface area contributed by atoms with E-state index in [0.29, 0.717) is 30.3 Å². The second-order valence-corrected chi connectivity index (χ2v) is 5.02. The highest BCUT2D eigenvalue weighted by Crippen LogP contribution is 2.20. The van der Waals surface area contributed by atoms with Gasteiger partial charge in [-0.2, -0.15) is 0 Å². The second kappa shape index (κ2) is 7.61. The normalized spacial score (nSPS) is 10.3. The maximum absolute atomic E-state index is 12.1. The van der Waals surface area contributed by atoms with E-state index in [0.717, 1.165) is 11.1 Å². The summed E-state index contributed by atoms with van der Waals surface area (Å²) in [6.07, 6.45) is 0. The zero-order chi connectivity index (χ0) is 15.9. The van der Waals surface area contributed by atoms with E-state index in [9.17, 15) is 4.79 Å². The van der Waals surface area contributed by atoms with Crippen molar-refractivity contribution in [1.82, 2.24) is 0 Å². The lowest BCUT2D eigenvalue weighted by Crippen LogP contribution is -2.09. The van der Waals surface area contributed by atoms with Crippen molar-refractivity contribution in [3.05, 3.63) is 59.2 Å². The third kappa shape index (κ3) is 4.33. The van der Waals surface area contributed by atoms with E-state index in [1.807, 2.05) is 32.0 Å². The first-order valence-corrected chi connectivity index (χ1v) is 7.11. The Morgan fingerprint density at radius 3 is 2.36 bits per heavy atom. The van der Waals surface area contributed by atoms with E-state index in [2.05, 4.69) is 0 Å². The van der Waals surface area contributed by atoms with Crippen LogP contribution in [0.3, 0.4) is 0 Å². The van der Waals surface area contributed by atoms with Gasteiger partial charge >= 0.3 is 5.97 Å². The molecule has 0 aliphatic carbocycles. The average molecular weight is 300 g/mol. The summed E-state index contributed by atoms with van der Waals surface area (Å²) in [5.74, 6) is 0.895. The van der Waals surface area contributed by atoms with Gasteiger partial charge < -0.3 is 14.2 Å². The molecule has 2 rings (SSSR count). The third-order valence-corrected chi connectivity index (χ3v) is 3.18. The first-order chi connectivity index (χ1) is 10.6. The van der Waals surface area contributed by atoms with Crippen molar-refractivity contribution in [1.29, 1.82) is 0 Å². The van der Waals surface area contributed by atoms with Crippen molar-refractivity contribution in [2.24, 2.45) is 0 Å². The van der Waals surface area contributed by atoms with E-state index in [1.165, 1.54) is 0 Å². The Morgan fingerprint density at radius 2 is 1.73 bits per heavy atom. The number of carbonyl (C=O) groups is 1. The topological polar surface area (TPSA) is 44.8 Å². The number of esters is 1. The Morgan fingerprint density at radius 1 is 1.00 bits per heavy atom. The molecule has 0 spiro atoms. The predicted octanol–water partition coefficient (Wildman–Crippen LogP) is 3.55. The zero-order valence-electron chi connectivity index (χ0n) is 13.1. The monoisotopic (exact) mass is 300 g/mol. The minimum atomic E-state index is -0.379. The number of benzene rings is 2. The smallest absolute Gasteiger partial charge is 0.343 e. The number of methoxy groups -OCH3 is 1. The van der Waals surface area contributed by atoms with Crippen molar-refractivity contribution in [3.63, 3.8) is 0 Å². The number of ether oxygens (including phenoxy) is 3. The van der Waals surface area contributed by atoms with Crippen LogP contribution >= 0.6 is 0 Å². The lowest BCUT2D eigenvalue weighted by molar-refractivity contribution is 0.0733. The molecule has 0 aliphatic rings. The van der Waals surface area contributed by atoms with Crippen molar-refractivity contribution >= 4 is 5.97 Å². The number of hydrogen-bond donors (Lipinski definition) is 0. The summed E-state index contributed by atoms with van der Waals surface area (Å²) in [6.45, 7) is 4.92. The van der Waals surface area contributed by atoms with Gasteiger partial charge in [0.25, 0.3) is 0 Å². The van der Waals surface area contributed by atoms with Gasteiger partial charge in [0, 0.05) is 7.11 Å². The molecule has 0 radical (unpaired) electrons. The van der Waals surface area contributed by atoms with Gasteiger partial charge in [-0.1, -0.05) is 17.7 Å². The SMILES string of the molecule is COCCOc1ccc(C(=O)Oc2ccc(C)cc2C)cc1. The molecule has 0 saturated heterocycles. The molecular formula is C18H20O4. The standard InChI is InChI=1S/C18H20O4/c1-13-4-9-17(14(2)12-13)22-18(19)15-5-7-16(8-6-15)21-11-10-20-3/h4-9,12H,10-11H2,1-3H3. The summed E-state index contributed by atoms with van der Waals surface area (Å²) in [6, 6.07) is 12.6. The maximum Gasteiger partial charge on any atom is 0.343 e. The second-order valence-electron chi connectivity index (χ2n) is 5.02. The minimum Gasteiger partial charge on any atom is -0.491 e. The fourth-order valence-electron chi connectivity index (χ4n) is 2.00. The third-order valence-electron chi connectivity index (χ3n) is 3.18. The molecule has 0 aliphatic heterocycles. The van der Waals surface area contributed by atoms with Gasteiger partial charge in [-0.05, 0) is 49.7 Å². The van der Waals surface area contributed by atoms with E-state index in [4.69, 9.17) is 14.2 Å². The van der Waals surface area contributed by atoms with Crippen LogP contribution in [0.2, 0.25) is 0 Å². The van der Waals surface area contributed by atoms with Gasteiger partial charge in [0.15, 0.2) is 0 Å². The van der Waals surface area contributed by atoms with Crippen molar-refractivity contribution in [3.8, 4) is 11.5 Å². The highest BCUT2D eigenvalue weighted by atomic mass is 16.5. The van der Waals surface area contributed by atoms with Gasteiger partial charge in [-0.25, -0.2) is 4.79 Å². The van der Waals surface area contributed by atoms with Crippen molar-refractivity contribution < 1.29 is 19.0 Å². The van der Waals surface area contributed by atoms with Crippen LogP contribution in [0, 0.1) is 13.8 Å². The van der Waals surface area contributed by atoms with Crippen LogP contribution in [0.15, 0.2) is 42.5 Å². The molecule has 0 atom stereocenters. The van der Waals surface area contributed by atoms with Crippen LogP contribution in [0.4, 0.5) is 0 Å². The Balaban J connectivity index is 2.00. The van der Waals surface area contributed by atoms with Crippen LogP contribution in [0.5, 0.6) is 11.5 Å². The maximum atomic E-state index is 12.1. The first kappa shape index (κ1) is 16.0. The quantitative estimate of drug-likeness (QED) is 0.465. The number of carbonyl (C=O) groups excluding carboxylic acids is 1. The van der Waals surface area contributed by atoms with Crippen LogP contribution in [0.1, 0.15) is 21.5 Å². The summed E-state index contributed by atoms with van der Waals surface area (Å²) in [5, 5.41) is 0. The average Bonchev–Trinajstić information content (AvgIpc) is 2.51. The van der Waals surface area contributed by atoms with Gasteiger partial charge in [-0.3, -0.25) is 0 Å². The predicted molar refractivity (Wildman–Crippen MR) is 84.7 cm³/mol. The molecular weight excluding hydrogens is 280 g/mol. The lowest BCUT2D eigenvalue weighted by atomic mass is 10.1. The van der Waals surface area contributed by atoms with Crippen LogP contribution in [0.25, 0.3) is 0 Å². The molecule has 0 bridgehead atoms.